The number of methoxy groups -OCH3 is 1. The zero-order valence-corrected chi connectivity index (χ0v) is 21.4. The van der Waals surface area contributed by atoms with Crippen molar-refractivity contribution < 1.29 is 9.47 Å². The predicted molar refractivity (Wildman–Crippen MR) is 137 cm³/mol. The Balaban J connectivity index is 1.46. The van der Waals surface area contributed by atoms with Gasteiger partial charge in [0.1, 0.15) is 6.61 Å². The molecular formula is C26H22Br2ClNO2. The second kappa shape index (κ2) is 9.12. The highest BCUT2D eigenvalue weighted by Gasteiger charge is 2.39. The number of halogens is 3. The van der Waals surface area contributed by atoms with Gasteiger partial charge in [-0.3, -0.25) is 0 Å². The van der Waals surface area contributed by atoms with Crippen molar-refractivity contribution in [2.45, 2.75) is 25.0 Å². The van der Waals surface area contributed by atoms with Gasteiger partial charge in [-0.1, -0.05) is 48.0 Å². The molecule has 0 saturated carbocycles. The van der Waals surface area contributed by atoms with Gasteiger partial charge in [-0.15, -0.1) is 0 Å². The summed E-state index contributed by atoms with van der Waals surface area (Å²) < 4.78 is 13.8. The van der Waals surface area contributed by atoms with Gasteiger partial charge in [0.15, 0.2) is 11.5 Å². The highest BCUT2D eigenvalue weighted by molar-refractivity contribution is 9.11. The molecule has 3 nitrogen and oxygen atoms in total. The molecule has 32 heavy (non-hydrogen) atoms. The van der Waals surface area contributed by atoms with Crippen molar-refractivity contribution in [3.63, 3.8) is 0 Å². The van der Waals surface area contributed by atoms with Gasteiger partial charge >= 0.3 is 0 Å². The second-order valence-electron chi connectivity index (χ2n) is 8.13. The van der Waals surface area contributed by atoms with E-state index in [1.807, 2.05) is 24.3 Å². The van der Waals surface area contributed by atoms with E-state index >= 15 is 0 Å². The number of ether oxygens (including phenoxy) is 2. The molecule has 0 amide bonds. The summed E-state index contributed by atoms with van der Waals surface area (Å²) >= 11 is 13.5. The first-order valence-electron chi connectivity index (χ1n) is 10.5. The summed E-state index contributed by atoms with van der Waals surface area (Å²) in [6, 6.07) is 18.5. The number of para-hydroxylation sites is 1. The molecule has 164 valence electrons. The third-order valence-electron chi connectivity index (χ3n) is 6.25. The Morgan fingerprint density at radius 2 is 1.88 bits per heavy atom. The first kappa shape index (κ1) is 21.9. The van der Waals surface area contributed by atoms with Gasteiger partial charge in [-0.25, -0.2) is 0 Å². The van der Waals surface area contributed by atoms with E-state index in [-0.39, 0.29) is 6.04 Å². The van der Waals surface area contributed by atoms with E-state index in [1.54, 1.807) is 7.11 Å². The van der Waals surface area contributed by atoms with Gasteiger partial charge in [0, 0.05) is 15.4 Å². The molecule has 0 fully saturated rings. The topological polar surface area (TPSA) is 30.5 Å². The van der Waals surface area contributed by atoms with Crippen LogP contribution in [0, 0.1) is 5.92 Å². The van der Waals surface area contributed by atoms with Crippen molar-refractivity contribution in [3.8, 4) is 11.5 Å². The number of anilines is 1. The van der Waals surface area contributed by atoms with E-state index in [9.17, 15) is 0 Å². The van der Waals surface area contributed by atoms with Crippen LogP contribution in [0.2, 0.25) is 5.02 Å². The maximum Gasteiger partial charge on any atom is 0.175 e. The maximum absolute atomic E-state index is 6.13. The number of hydrogen-bond acceptors (Lipinski definition) is 3. The van der Waals surface area contributed by atoms with Crippen molar-refractivity contribution in [2.75, 3.05) is 12.4 Å². The molecule has 0 spiro atoms. The lowest BCUT2D eigenvalue weighted by atomic mass is 9.77. The standard InChI is InChI=1S/C26H22Br2ClNO2/c1-31-23-13-16(12-22(28)26(23)32-14-15-8-10-17(29)11-9-15)24-19-5-2-4-18(19)20-6-3-7-21(27)25(20)30-24/h2-4,6-13,18-19,24,30H,5,14H2,1H3/t18-,19-,24+/m1/s1. The lowest BCUT2D eigenvalue weighted by molar-refractivity contribution is 0.282. The van der Waals surface area contributed by atoms with Crippen molar-refractivity contribution in [1.29, 1.82) is 0 Å². The molecule has 0 bridgehead atoms. The molecule has 3 atom stereocenters. The summed E-state index contributed by atoms with van der Waals surface area (Å²) in [5, 5.41) is 4.51. The van der Waals surface area contributed by atoms with Crippen LogP contribution < -0.4 is 14.8 Å². The molecule has 1 aliphatic heterocycles. The number of fused-ring (bicyclic) bond motifs is 3. The van der Waals surface area contributed by atoms with Crippen LogP contribution in [0.4, 0.5) is 5.69 Å². The Bertz CT molecular complexity index is 1180. The largest absolute Gasteiger partial charge is 0.493 e. The van der Waals surface area contributed by atoms with Crippen molar-refractivity contribution >= 4 is 49.1 Å². The van der Waals surface area contributed by atoms with Crippen LogP contribution in [0.15, 0.2) is 75.7 Å². The van der Waals surface area contributed by atoms with Crippen LogP contribution in [0.25, 0.3) is 0 Å². The molecule has 1 heterocycles. The Morgan fingerprint density at radius 1 is 1.06 bits per heavy atom. The molecule has 1 aliphatic carbocycles. The summed E-state index contributed by atoms with van der Waals surface area (Å²) in [5.41, 5.74) is 4.74. The van der Waals surface area contributed by atoms with Gasteiger partial charge in [0.2, 0.25) is 0 Å². The monoisotopic (exact) mass is 573 g/mol. The molecule has 1 N–H and O–H groups in total. The molecule has 6 heteroatoms. The molecule has 0 saturated heterocycles. The summed E-state index contributed by atoms with van der Waals surface area (Å²) in [4.78, 5) is 0. The lowest BCUT2D eigenvalue weighted by Crippen LogP contribution is -2.29. The normalized spacial score (nSPS) is 20.9. The molecule has 3 aromatic carbocycles. The fraction of sp³-hybridized carbons (Fsp3) is 0.231. The Labute approximate surface area is 210 Å². The predicted octanol–water partition coefficient (Wildman–Crippen LogP) is 8.28. The summed E-state index contributed by atoms with van der Waals surface area (Å²) in [6.45, 7) is 0.433. The zero-order chi connectivity index (χ0) is 22.2. The zero-order valence-electron chi connectivity index (χ0n) is 17.4. The number of benzene rings is 3. The Morgan fingerprint density at radius 3 is 2.66 bits per heavy atom. The van der Waals surface area contributed by atoms with Gasteiger partial charge in [-0.05, 0) is 91.2 Å². The average Bonchev–Trinajstić information content (AvgIpc) is 3.29. The molecule has 5 rings (SSSR count). The molecule has 2 aliphatic rings. The maximum atomic E-state index is 6.13. The third-order valence-corrected chi connectivity index (χ3v) is 7.76. The quantitative estimate of drug-likeness (QED) is 0.311. The lowest BCUT2D eigenvalue weighted by Gasteiger charge is -2.38. The smallest absolute Gasteiger partial charge is 0.175 e. The minimum Gasteiger partial charge on any atom is -0.493 e. The first-order valence-corrected chi connectivity index (χ1v) is 12.5. The fourth-order valence-electron chi connectivity index (χ4n) is 4.71. The van der Waals surface area contributed by atoms with E-state index in [0.29, 0.717) is 35.0 Å². The minimum atomic E-state index is 0.164. The first-order chi connectivity index (χ1) is 15.5. The van der Waals surface area contributed by atoms with E-state index in [2.05, 4.69) is 79.7 Å². The van der Waals surface area contributed by atoms with Crippen LogP contribution in [0.5, 0.6) is 11.5 Å². The SMILES string of the molecule is COc1cc([C@@H]2Nc3c(Br)cccc3[C@@H]3C=CC[C@H]32)cc(Br)c1OCc1ccc(Cl)cc1. The van der Waals surface area contributed by atoms with Crippen LogP contribution in [0.3, 0.4) is 0 Å². The molecule has 0 aromatic heterocycles. The fourth-order valence-corrected chi connectivity index (χ4v) is 5.91. The van der Waals surface area contributed by atoms with Crippen molar-refractivity contribution in [2.24, 2.45) is 5.92 Å². The van der Waals surface area contributed by atoms with E-state index in [1.165, 1.54) is 16.8 Å². The van der Waals surface area contributed by atoms with E-state index in [0.717, 1.165) is 20.9 Å². The van der Waals surface area contributed by atoms with E-state index in [4.69, 9.17) is 21.1 Å². The molecule has 3 aromatic rings. The van der Waals surface area contributed by atoms with Gasteiger partial charge in [0.05, 0.1) is 23.3 Å². The summed E-state index contributed by atoms with van der Waals surface area (Å²) in [6.07, 6.45) is 5.69. The minimum absolute atomic E-state index is 0.164. The molecule has 0 radical (unpaired) electrons. The van der Waals surface area contributed by atoms with E-state index < -0.39 is 0 Å². The van der Waals surface area contributed by atoms with Gasteiger partial charge < -0.3 is 14.8 Å². The van der Waals surface area contributed by atoms with Crippen molar-refractivity contribution in [3.05, 3.63) is 97.4 Å². The summed E-state index contributed by atoms with van der Waals surface area (Å²) in [7, 11) is 1.68. The molecular weight excluding hydrogens is 554 g/mol. The highest BCUT2D eigenvalue weighted by atomic mass is 79.9. The average molecular weight is 576 g/mol. The van der Waals surface area contributed by atoms with Gasteiger partial charge in [0.25, 0.3) is 0 Å². The number of rotatable bonds is 5. The summed E-state index contributed by atoms with van der Waals surface area (Å²) in [5.74, 6) is 2.27. The van der Waals surface area contributed by atoms with Gasteiger partial charge in [-0.2, -0.15) is 0 Å². The number of nitrogens with one attached hydrogen (secondary N) is 1. The van der Waals surface area contributed by atoms with Crippen LogP contribution >= 0.6 is 43.5 Å². The third kappa shape index (κ3) is 4.07. The molecule has 0 unspecified atom stereocenters. The second-order valence-corrected chi connectivity index (χ2v) is 10.3. The van der Waals surface area contributed by atoms with Crippen molar-refractivity contribution in [1.82, 2.24) is 0 Å². The Kier molecular flexibility index (Phi) is 6.24. The Hall–Kier alpha value is -1.95. The van der Waals surface area contributed by atoms with Crippen LogP contribution in [-0.2, 0) is 6.61 Å². The van der Waals surface area contributed by atoms with Crippen LogP contribution in [0.1, 0.15) is 35.1 Å². The number of allylic oxidation sites excluding steroid dienone is 2. The number of hydrogen-bond donors (Lipinski definition) is 1. The highest BCUT2D eigenvalue weighted by Crippen LogP contribution is 2.52. The van der Waals surface area contributed by atoms with Crippen LogP contribution in [-0.4, -0.2) is 7.11 Å².